The second kappa shape index (κ2) is 11.3. The Morgan fingerprint density at radius 3 is 2.34 bits per heavy atom. The molecule has 0 amide bonds. The molecule has 35 heavy (non-hydrogen) atoms. The second-order valence-electron chi connectivity index (χ2n) is 7.97. The fourth-order valence-electron chi connectivity index (χ4n) is 3.02. The highest BCUT2D eigenvalue weighted by atomic mass is 35.5. The lowest BCUT2D eigenvalue weighted by atomic mass is 10.2. The number of benzene rings is 2. The maximum Gasteiger partial charge on any atom is 0.229 e. The number of methoxy groups -OCH3 is 2. The minimum absolute atomic E-state index is 0.243. The van der Waals surface area contributed by atoms with E-state index in [4.69, 9.17) is 25.8 Å². The molecule has 0 atom stereocenters. The van der Waals surface area contributed by atoms with Crippen molar-refractivity contribution in [2.45, 2.75) is 13.8 Å². The van der Waals surface area contributed by atoms with Gasteiger partial charge in [0.25, 0.3) is 0 Å². The molecule has 3 rings (SSSR count). The van der Waals surface area contributed by atoms with Gasteiger partial charge in [-0.05, 0) is 18.1 Å². The van der Waals surface area contributed by atoms with Gasteiger partial charge in [0.05, 0.1) is 44.7 Å². The highest BCUT2D eigenvalue weighted by Crippen LogP contribution is 2.41. The van der Waals surface area contributed by atoms with Gasteiger partial charge in [0.15, 0.2) is 17.3 Å². The molecule has 0 aliphatic rings. The fourth-order valence-corrected chi connectivity index (χ4v) is 3.73. The van der Waals surface area contributed by atoms with E-state index in [0.717, 1.165) is 6.26 Å². The molecule has 1 aromatic heterocycles. The van der Waals surface area contributed by atoms with Gasteiger partial charge in [0.2, 0.25) is 21.7 Å². The van der Waals surface area contributed by atoms with E-state index < -0.39 is 10.0 Å². The number of nitrogens with zero attached hydrogens (tertiary/aromatic N) is 2. The van der Waals surface area contributed by atoms with E-state index in [2.05, 4.69) is 25.3 Å². The summed E-state index contributed by atoms with van der Waals surface area (Å²) in [5.74, 6) is 2.31. The lowest BCUT2D eigenvalue weighted by molar-refractivity contribution is 0.252. The van der Waals surface area contributed by atoms with Crippen molar-refractivity contribution in [2.24, 2.45) is 5.92 Å². The SMILES string of the molecule is COc1cc(Nc2ncc(Cl)c(Nc3ccccc3NS(C)(=O)=O)n2)cc(OCC(C)C)c1OC. The van der Waals surface area contributed by atoms with Crippen molar-refractivity contribution in [3.05, 3.63) is 47.6 Å². The normalized spacial score (nSPS) is 11.2. The molecule has 0 radical (unpaired) electrons. The van der Waals surface area contributed by atoms with Crippen LogP contribution in [0.2, 0.25) is 5.02 Å². The molecule has 0 aliphatic heterocycles. The Morgan fingerprint density at radius 1 is 1.03 bits per heavy atom. The summed E-state index contributed by atoms with van der Waals surface area (Å²) in [5, 5.41) is 6.42. The average molecular weight is 522 g/mol. The molecule has 0 saturated heterocycles. The lowest BCUT2D eigenvalue weighted by Crippen LogP contribution is -2.11. The Labute approximate surface area is 210 Å². The molecule has 2 aromatic carbocycles. The van der Waals surface area contributed by atoms with Gasteiger partial charge in [-0.3, -0.25) is 4.72 Å². The van der Waals surface area contributed by atoms with E-state index in [1.165, 1.54) is 13.3 Å². The smallest absolute Gasteiger partial charge is 0.229 e. The highest BCUT2D eigenvalue weighted by Gasteiger charge is 2.16. The van der Waals surface area contributed by atoms with Crippen LogP contribution in [0.25, 0.3) is 0 Å². The number of nitrogens with one attached hydrogen (secondary N) is 3. The fraction of sp³-hybridized carbons (Fsp3) is 0.304. The van der Waals surface area contributed by atoms with Gasteiger partial charge >= 0.3 is 0 Å². The minimum atomic E-state index is -3.48. The molecule has 188 valence electrons. The summed E-state index contributed by atoms with van der Waals surface area (Å²) in [4.78, 5) is 8.69. The maximum atomic E-state index is 11.7. The van der Waals surface area contributed by atoms with Crippen LogP contribution in [0.4, 0.5) is 28.8 Å². The van der Waals surface area contributed by atoms with Gasteiger partial charge in [0.1, 0.15) is 5.02 Å². The van der Waals surface area contributed by atoms with Crippen LogP contribution in [0, 0.1) is 5.92 Å². The third kappa shape index (κ3) is 7.27. The van der Waals surface area contributed by atoms with Crippen molar-refractivity contribution < 1.29 is 22.6 Å². The predicted octanol–water partition coefficient (Wildman–Crippen LogP) is 5.04. The van der Waals surface area contributed by atoms with Crippen molar-refractivity contribution in [1.82, 2.24) is 9.97 Å². The second-order valence-corrected chi connectivity index (χ2v) is 10.1. The van der Waals surface area contributed by atoms with Crippen molar-refractivity contribution in [3.63, 3.8) is 0 Å². The van der Waals surface area contributed by atoms with Crippen molar-refractivity contribution in [1.29, 1.82) is 0 Å². The van der Waals surface area contributed by atoms with Gasteiger partial charge in [0, 0.05) is 17.8 Å². The first-order chi connectivity index (χ1) is 16.6. The summed E-state index contributed by atoms with van der Waals surface area (Å²) in [5.41, 5.74) is 1.43. The van der Waals surface area contributed by atoms with E-state index in [1.54, 1.807) is 43.5 Å². The van der Waals surface area contributed by atoms with Crippen LogP contribution in [-0.2, 0) is 10.0 Å². The number of aromatic nitrogens is 2. The van der Waals surface area contributed by atoms with Crippen molar-refractivity contribution >= 4 is 50.5 Å². The zero-order valence-electron chi connectivity index (χ0n) is 20.0. The van der Waals surface area contributed by atoms with Crippen molar-refractivity contribution in [2.75, 3.05) is 42.4 Å². The number of hydrogen-bond acceptors (Lipinski definition) is 9. The van der Waals surface area contributed by atoms with Crippen LogP contribution >= 0.6 is 11.6 Å². The van der Waals surface area contributed by atoms with Crippen LogP contribution in [-0.4, -0.2) is 45.5 Å². The number of para-hydroxylation sites is 2. The summed E-state index contributed by atoms with van der Waals surface area (Å²) in [6.45, 7) is 4.59. The molecule has 1 heterocycles. The van der Waals surface area contributed by atoms with Crippen LogP contribution in [0.3, 0.4) is 0 Å². The average Bonchev–Trinajstić information content (AvgIpc) is 2.79. The Bertz CT molecular complexity index is 1290. The molecule has 3 N–H and O–H groups in total. The topological polar surface area (TPSA) is 124 Å². The predicted molar refractivity (Wildman–Crippen MR) is 138 cm³/mol. The summed E-state index contributed by atoms with van der Waals surface area (Å²) < 4.78 is 42.7. The van der Waals surface area contributed by atoms with E-state index in [0.29, 0.717) is 46.8 Å². The first kappa shape index (κ1) is 26.2. The highest BCUT2D eigenvalue weighted by molar-refractivity contribution is 7.92. The molecule has 10 nitrogen and oxygen atoms in total. The summed E-state index contributed by atoms with van der Waals surface area (Å²) in [6, 6.07) is 10.3. The molecule has 12 heteroatoms. The zero-order valence-corrected chi connectivity index (χ0v) is 21.6. The maximum absolute atomic E-state index is 11.7. The number of sulfonamides is 1. The Hall–Kier alpha value is -3.44. The first-order valence-electron chi connectivity index (χ1n) is 10.6. The van der Waals surface area contributed by atoms with Gasteiger partial charge in [-0.2, -0.15) is 4.98 Å². The first-order valence-corrected chi connectivity index (χ1v) is 12.9. The third-order valence-corrected chi connectivity index (χ3v) is 5.36. The Morgan fingerprint density at radius 2 is 1.71 bits per heavy atom. The molecule has 0 spiro atoms. The molecule has 0 bridgehead atoms. The van der Waals surface area contributed by atoms with E-state index in [-0.39, 0.29) is 16.8 Å². The van der Waals surface area contributed by atoms with Crippen LogP contribution in [0.5, 0.6) is 17.2 Å². The monoisotopic (exact) mass is 521 g/mol. The number of ether oxygens (including phenoxy) is 3. The molecular weight excluding hydrogens is 494 g/mol. The summed E-state index contributed by atoms with van der Waals surface area (Å²) in [7, 11) is -0.396. The molecule has 0 fully saturated rings. The molecular formula is C23H28ClN5O5S. The van der Waals surface area contributed by atoms with E-state index in [9.17, 15) is 8.42 Å². The van der Waals surface area contributed by atoms with Crippen LogP contribution < -0.4 is 29.6 Å². The number of anilines is 5. The number of halogens is 1. The lowest BCUT2D eigenvalue weighted by Gasteiger charge is -2.17. The number of hydrogen-bond donors (Lipinski definition) is 3. The van der Waals surface area contributed by atoms with Gasteiger partial charge < -0.3 is 24.8 Å². The standard InChI is InChI=1S/C23H28ClN5O5S/c1-14(2)13-34-20-11-15(10-19(32-3)21(20)33-4)26-23-25-12-16(24)22(28-23)27-17-8-6-7-9-18(17)29-35(5,30)31/h6-12,14,29H,13H2,1-5H3,(H2,25,26,27,28). The Kier molecular flexibility index (Phi) is 8.47. The van der Waals surface area contributed by atoms with Gasteiger partial charge in [-0.1, -0.05) is 37.6 Å². The van der Waals surface area contributed by atoms with Crippen LogP contribution in [0.1, 0.15) is 13.8 Å². The summed E-state index contributed by atoms with van der Waals surface area (Å²) in [6.07, 6.45) is 2.51. The molecule has 3 aromatic rings. The number of rotatable bonds is 11. The molecule has 0 aliphatic carbocycles. The zero-order chi connectivity index (χ0) is 25.6. The summed E-state index contributed by atoms with van der Waals surface area (Å²) >= 11 is 6.31. The van der Waals surface area contributed by atoms with Gasteiger partial charge in [-0.15, -0.1) is 0 Å². The van der Waals surface area contributed by atoms with Crippen molar-refractivity contribution in [3.8, 4) is 17.2 Å². The van der Waals surface area contributed by atoms with Gasteiger partial charge in [-0.25, -0.2) is 13.4 Å². The van der Waals surface area contributed by atoms with E-state index >= 15 is 0 Å². The quantitative estimate of drug-likeness (QED) is 0.318. The largest absolute Gasteiger partial charge is 0.493 e. The molecule has 0 saturated carbocycles. The third-order valence-electron chi connectivity index (χ3n) is 4.49. The Balaban J connectivity index is 1.91. The van der Waals surface area contributed by atoms with Crippen LogP contribution in [0.15, 0.2) is 42.6 Å². The minimum Gasteiger partial charge on any atom is -0.493 e. The molecule has 0 unspecified atom stereocenters. The van der Waals surface area contributed by atoms with E-state index in [1.807, 2.05) is 13.8 Å².